The number of carbonyl (C=O) groups is 2. The van der Waals surface area contributed by atoms with Gasteiger partial charge in [0.25, 0.3) is 0 Å². The minimum absolute atomic E-state index is 0.150. The molecule has 150 valence electrons. The van der Waals surface area contributed by atoms with Crippen molar-refractivity contribution in [1.82, 2.24) is 0 Å². The first-order valence-corrected chi connectivity index (χ1v) is 8.68. The molecule has 0 radical (unpaired) electrons. The molecular weight excluding hydrogens is 354 g/mol. The molecule has 1 aromatic carbocycles. The van der Waals surface area contributed by atoms with Crippen LogP contribution < -0.4 is 14.8 Å². The summed E-state index contributed by atoms with van der Waals surface area (Å²) in [6.07, 6.45) is 1.99. The largest absolute Gasteiger partial charge is 0.493 e. The smallest absolute Gasteiger partial charge is 0.347 e. The Hall–Kier alpha value is -2.74. The Kier molecular flexibility index (Phi) is 10.4. The third-order valence-corrected chi connectivity index (χ3v) is 3.29. The van der Waals surface area contributed by atoms with Gasteiger partial charge in [-0.15, -0.1) is 0 Å². The van der Waals surface area contributed by atoms with Gasteiger partial charge in [0, 0.05) is 38.1 Å². The molecule has 1 N–H and O–H groups in total. The molecule has 0 saturated heterocycles. The molecule has 0 aromatic heterocycles. The van der Waals surface area contributed by atoms with Crippen molar-refractivity contribution in [2.45, 2.75) is 20.3 Å². The van der Waals surface area contributed by atoms with E-state index in [0.717, 1.165) is 6.42 Å². The lowest BCUT2D eigenvalue weighted by molar-refractivity contribution is -0.146. The monoisotopic (exact) mass is 381 g/mol. The lowest BCUT2D eigenvalue weighted by Gasteiger charge is -2.13. The lowest BCUT2D eigenvalue weighted by Crippen LogP contribution is -2.19. The Morgan fingerprint density at radius 3 is 2.22 bits per heavy atom. The quantitative estimate of drug-likeness (QED) is 0.194. The maximum Gasteiger partial charge on any atom is 0.347 e. The van der Waals surface area contributed by atoms with Gasteiger partial charge < -0.3 is 29.0 Å². The number of anilines is 1. The maximum absolute atomic E-state index is 12.0. The summed E-state index contributed by atoms with van der Waals surface area (Å²) in [7, 11) is 3.17. The van der Waals surface area contributed by atoms with Crippen molar-refractivity contribution in [2.75, 3.05) is 46.0 Å². The Morgan fingerprint density at radius 2 is 1.67 bits per heavy atom. The van der Waals surface area contributed by atoms with Crippen LogP contribution in [-0.2, 0) is 23.8 Å². The van der Waals surface area contributed by atoms with Gasteiger partial charge in [-0.25, -0.2) is 9.59 Å². The van der Waals surface area contributed by atoms with Gasteiger partial charge in [0.2, 0.25) is 0 Å². The number of carbonyl (C=O) groups excluding carboxylic acids is 2. The fraction of sp³-hybridized carbons (Fsp3) is 0.474. The Balaban J connectivity index is 2.94. The minimum atomic E-state index is -0.756. The lowest BCUT2D eigenvalue weighted by atomic mass is 10.2. The summed E-state index contributed by atoms with van der Waals surface area (Å²) in [5.74, 6) is -0.417. The molecule has 0 aliphatic carbocycles. The molecule has 0 heterocycles. The highest BCUT2D eigenvalue weighted by Gasteiger charge is 2.21. The van der Waals surface area contributed by atoms with Gasteiger partial charge in [-0.1, -0.05) is 0 Å². The van der Waals surface area contributed by atoms with Gasteiger partial charge in [0.05, 0.1) is 26.9 Å². The highest BCUT2D eigenvalue weighted by Crippen LogP contribution is 2.30. The van der Waals surface area contributed by atoms with E-state index in [0.29, 0.717) is 30.4 Å². The molecule has 0 atom stereocenters. The van der Waals surface area contributed by atoms with E-state index >= 15 is 0 Å². The van der Waals surface area contributed by atoms with Crippen LogP contribution in [0, 0.1) is 0 Å². The molecule has 0 aliphatic heterocycles. The normalized spacial score (nSPS) is 9.93. The van der Waals surface area contributed by atoms with E-state index in [4.69, 9.17) is 23.7 Å². The molecule has 8 nitrogen and oxygen atoms in total. The Bertz CT molecular complexity index is 623. The van der Waals surface area contributed by atoms with E-state index in [1.165, 1.54) is 6.20 Å². The first-order valence-electron chi connectivity index (χ1n) is 8.68. The Labute approximate surface area is 159 Å². The van der Waals surface area contributed by atoms with E-state index in [2.05, 4.69) is 5.32 Å². The maximum atomic E-state index is 12.0. The number of nitrogens with one attached hydrogen (secondary N) is 1. The summed E-state index contributed by atoms with van der Waals surface area (Å²) >= 11 is 0. The van der Waals surface area contributed by atoms with Crippen LogP contribution in [0.1, 0.15) is 20.3 Å². The number of benzene rings is 1. The zero-order valence-corrected chi connectivity index (χ0v) is 16.2. The zero-order chi connectivity index (χ0) is 20.1. The van der Waals surface area contributed by atoms with Crippen LogP contribution in [0.3, 0.4) is 0 Å². The second kappa shape index (κ2) is 12.6. The summed E-state index contributed by atoms with van der Waals surface area (Å²) in [4.78, 5) is 23.9. The van der Waals surface area contributed by atoms with Gasteiger partial charge in [-0.3, -0.25) is 0 Å². The van der Waals surface area contributed by atoms with E-state index in [1.807, 2.05) is 0 Å². The van der Waals surface area contributed by atoms with Gasteiger partial charge in [0.15, 0.2) is 17.1 Å². The van der Waals surface area contributed by atoms with E-state index in [-0.39, 0.29) is 18.8 Å². The molecule has 27 heavy (non-hydrogen) atoms. The molecule has 0 saturated carbocycles. The molecular formula is C19H27NO7. The predicted octanol–water partition coefficient (Wildman–Crippen LogP) is 2.53. The van der Waals surface area contributed by atoms with Crippen molar-refractivity contribution in [1.29, 1.82) is 0 Å². The van der Waals surface area contributed by atoms with Crippen LogP contribution in [0.2, 0.25) is 0 Å². The minimum Gasteiger partial charge on any atom is -0.493 e. The molecule has 0 spiro atoms. The van der Waals surface area contributed by atoms with Crippen LogP contribution in [0.5, 0.6) is 11.5 Å². The molecule has 0 aliphatic rings. The number of hydrogen-bond acceptors (Lipinski definition) is 8. The van der Waals surface area contributed by atoms with Crippen molar-refractivity contribution >= 4 is 17.6 Å². The topological polar surface area (TPSA) is 92.3 Å². The molecule has 0 unspecified atom stereocenters. The van der Waals surface area contributed by atoms with Crippen LogP contribution in [-0.4, -0.2) is 52.6 Å². The number of methoxy groups -OCH3 is 2. The number of hydrogen-bond donors (Lipinski definition) is 1. The van der Waals surface area contributed by atoms with Gasteiger partial charge in [-0.05, 0) is 26.0 Å². The summed E-state index contributed by atoms with van der Waals surface area (Å²) in [6.45, 7) is 4.66. The van der Waals surface area contributed by atoms with Crippen LogP contribution in [0.4, 0.5) is 5.69 Å². The van der Waals surface area contributed by atoms with Crippen molar-refractivity contribution in [2.24, 2.45) is 0 Å². The van der Waals surface area contributed by atoms with E-state index < -0.39 is 11.9 Å². The van der Waals surface area contributed by atoms with Crippen LogP contribution >= 0.6 is 0 Å². The van der Waals surface area contributed by atoms with E-state index in [9.17, 15) is 9.59 Å². The van der Waals surface area contributed by atoms with Crippen LogP contribution in [0.15, 0.2) is 30.0 Å². The first kappa shape index (κ1) is 22.3. The van der Waals surface area contributed by atoms with Crippen molar-refractivity contribution < 1.29 is 33.3 Å². The van der Waals surface area contributed by atoms with Gasteiger partial charge in [-0.2, -0.15) is 0 Å². The fourth-order valence-electron chi connectivity index (χ4n) is 2.04. The van der Waals surface area contributed by atoms with Crippen LogP contribution in [0.25, 0.3) is 0 Å². The average Bonchev–Trinajstić information content (AvgIpc) is 2.66. The SMILES string of the molecule is CCOC(=O)C(=CNc1ccc(OC)c(OCCCOC)c1)C(=O)OCC. The highest BCUT2D eigenvalue weighted by molar-refractivity contribution is 6.14. The number of ether oxygens (including phenoxy) is 5. The Morgan fingerprint density at radius 1 is 1.00 bits per heavy atom. The number of esters is 2. The van der Waals surface area contributed by atoms with Gasteiger partial charge in [0.1, 0.15) is 0 Å². The second-order valence-corrected chi connectivity index (χ2v) is 5.20. The molecule has 1 aromatic rings. The van der Waals surface area contributed by atoms with Crippen molar-refractivity contribution in [3.05, 3.63) is 30.0 Å². The third-order valence-electron chi connectivity index (χ3n) is 3.29. The summed E-state index contributed by atoms with van der Waals surface area (Å²) in [5.41, 5.74) is 0.376. The zero-order valence-electron chi connectivity index (χ0n) is 16.2. The molecule has 8 heteroatoms. The average molecular weight is 381 g/mol. The fourth-order valence-corrected chi connectivity index (χ4v) is 2.04. The first-order chi connectivity index (χ1) is 13.1. The van der Waals surface area contributed by atoms with Crippen molar-refractivity contribution in [3.63, 3.8) is 0 Å². The molecule has 0 amide bonds. The molecule has 1 rings (SSSR count). The van der Waals surface area contributed by atoms with Crippen molar-refractivity contribution in [3.8, 4) is 11.5 Å². The highest BCUT2D eigenvalue weighted by atomic mass is 16.6. The van der Waals surface area contributed by atoms with Gasteiger partial charge >= 0.3 is 11.9 Å². The van der Waals surface area contributed by atoms with E-state index in [1.54, 1.807) is 46.3 Å². The summed E-state index contributed by atoms with van der Waals surface area (Å²) < 4.78 is 25.8. The standard InChI is InChI=1S/C19H27NO7/c1-5-25-18(21)15(19(22)26-6-2)13-20-14-8-9-16(24-4)17(12-14)27-11-7-10-23-3/h8-9,12-13,20H,5-7,10-11H2,1-4H3. The predicted molar refractivity (Wildman–Crippen MR) is 100.0 cm³/mol. The summed E-state index contributed by atoms with van der Waals surface area (Å²) in [6, 6.07) is 5.15. The molecule has 0 bridgehead atoms. The molecule has 0 fully saturated rings. The second-order valence-electron chi connectivity index (χ2n) is 5.20. The number of rotatable bonds is 12. The third kappa shape index (κ3) is 7.57. The summed E-state index contributed by atoms with van der Waals surface area (Å²) in [5, 5.41) is 2.89.